The predicted octanol–water partition coefficient (Wildman–Crippen LogP) is 5.23. The quantitative estimate of drug-likeness (QED) is 0.506. The third kappa shape index (κ3) is 4.65. The van der Waals surface area contributed by atoms with Gasteiger partial charge in [-0.1, -0.05) is 18.2 Å². The van der Waals surface area contributed by atoms with E-state index < -0.39 is 0 Å². The van der Waals surface area contributed by atoms with Crippen LogP contribution in [0.25, 0.3) is 6.08 Å². The van der Waals surface area contributed by atoms with Gasteiger partial charge in [0.15, 0.2) is 16.7 Å². The first kappa shape index (κ1) is 22.3. The summed E-state index contributed by atoms with van der Waals surface area (Å²) in [7, 11) is 4.52. The monoisotopic (exact) mass is 462 g/mol. The molecule has 7 nitrogen and oxygen atoms in total. The zero-order chi connectivity index (χ0) is 23.4. The van der Waals surface area contributed by atoms with E-state index in [0.29, 0.717) is 27.0 Å². The van der Waals surface area contributed by atoms with Gasteiger partial charge < -0.3 is 19.3 Å². The fourth-order valence-corrected chi connectivity index (χ4v) is 4.27. The van der Waals surface area contributed by atoms with Crippen LogP contribution in [-0.2, 0) is 4.79 Å². The Morgan fingerprint density at radius 3 is 2.12 bits per heavy atom. The van der Waals surface area contributed by atoms with E-state index in [1.165, 1.54) is 26.0 Å². The van der Waals surface area contributed by atoms with E-state index in [4.69, 9.17) is 19.2 Å². The SMILES string of the molecule is COc1ccc(N=C2S/C(=C\c3cc(OC)c(O)c(OC)c3)C(=O)N2c2ccccc2)cc1. The maximum Gasteiger partial charge on any atom is 0.271 e. The lowest BCUT2D eigenvalue weighted by molar-refractivity contribution is -0.113. The number of aliphatic imine (C=N–C) groups is 1. The number of para-hydroxylation sites is 1. The number of rotatable bonds is 6. The zero-order valence-electron chi connectivity index (χ0n) is 18.3. The largest absolute Gasteiger partial charge is 0.502 e. The summed E-state index contributed by atoms with van der Waals surface area (Å²) < 4.78 is 15.7. The minimum Gasteiger partial charge on any atom is -0.502 e. The Kier molecular flexibility index (Phi) is 6.55. The number of amides is 1. The van der Waals surface area contributed by atoms with E-state index >= 15 is 0 Å². The number of amidine groups is 1. The van der Waals surface area contributed by atoms with Gasteiger partial charge in [0.05, 0.1) is 37.6 Å². The molecule has 33 heavy (non-hydrogen) atoms. The Hall–Kier alpha value is -3.91. The molecule has 8 heteroatoms. The fourth-order valence-electron chi connectivity index (χ4n) is 3.27. The molecule has 0 radical (unpaired) electrons. The lowest BCUT2D eigenvalue weighted by Crippen LogP contribution is -2.28. The van der Waals surface area contributed by atoms with Crippen LogP contribution in [0.5, 0.6) is 23.0 Å². The standard InChI is InChI=1S/C25H22N2O5S/c1-30-19-11-9-17(10-12-19)26-25-27(18-7-5-4-6-8-18)24(29)22(33-25)15-16-13-20(31-2)23(28)21(14-16)32-3/h4-15,28H,1-3H3/b22-15-,26-25?. The first-order chi connectivity index (χ1) is 16.0. The Balaban J connectivity index is 1.77. The first-order valence-electron chi connectivity index (χ1n) is 10.0. The average molecular weight is 463 g/mol. The molecule has 1 aliphatic rings. The zero-order valence-corrected chi connectivity index (χ0v) is 19.1. The number of aromatic hydroxyl groups is 1. The van der Waals surface area contributed by atoms with Gasteiger partial charge in [-0.15, -0.1) is 0 Å². The molecule has 4 rings (SSSR count). The van der Waals surface area contributed by atoms with Gasteiger partial charge in [0.2, 0.25) is 5.75 Å². The molecule has 0 unspecified atom stereocenters. The molecule has 3 aromatic rings. The minimum atomic E-state index is -0.204. The van der Waals surface area contributed by atoms with Gasteiger partial charge in [0.1, 0.15) is 5.75 Å². The van der Waals surface area contributed by atoms with Crippen LogP contribution in [0.1, 0.15) is 5.56 Å². The van der Waals surface area contributed by atoms with Crippen LogP contribution in [0.4, 0.5) is 11.4 Å². The smallest absolute Gasteiger partial charge is 0.271 e. The second-order valence-electron chi connectivity index (χ2n) is 6.95. The molecule has 0 atom stereocenters. The van der Waals surface area contributed by atoms with Gasteiger partial charge in [0.25, 0.3) is 5.91 Å². The number of phenolic OH excluding ortho intramolecular Hbond substituents is 1. The van der Waals surface area contributed by atoms with E-state index in [1.54, 1.807) is 30.2 Å². The van der Waals surface area contributed by atoms with Crippen molar-refractivity contribution in [2.45, 2.75) is 0 Å². The number of methoxy groups -OCH3 is 3. The molecule has 1 amide bonds. The Bertz CT molecular complexity index is 1200. The van der Waals surface area contributed by atoms with Gasteiger partial charge in [0, 0.05) is 0 Å². The number of thioether (sulfide) groups is 1. The number of ether oxygens (including phenoxy) is 3. The maximum atomic E-state index is 13.4. The Morgan fingerprint density at radius 2 is 1.55 bits per heavy atom. The summed E-state index contributed by atoms with van der Waals surface area (Å²) in [5.41, 5.74) is 2.06. The molecule has 168 valence electrons. The van der Waals surface area contributed by atoms with Gasteiger partial charge in [-0.2, -0.15) is 0 Å². The first-order valence-corrected chi connectivity index (χ1v) is 10.8. The molecule has 1 saturated heterocycles. The van der Waals surface area contributed by atoms with Crippen molar-refractivity contribution in [3.63, 3.8) is 0 Å². The summed E-state index contributed by atoms with van der Waals surface area (Å²) in [6.45, 7) is 0. The molecular formula is C25H22N2O5S. The third-order valence-electron chi connectivity index (χ3n) is 4.92. The van der Waals surface area contributed by atoms with E-state index in [1.807, 2.05) is 54.6 Å². The molecule has 1 heterocycles. The summed E-state index contributed by atoms with van der Waals surface area (Å²) in [5.74, 6) is 0.932. The number of hydrogen-bond donors (Lipinski definition) is 1. The number of benzene rings is 3. The summed E-state index contributed by atoms with van der Waals surface area (Å²) in [4.78, 5) is 20.2. The Labute approximate surface area is 195 Å². The number of nitrogens with zero attached hydrogens (tertiary/aromatic N) is 2. The third-order valence-corrected chi connectivity index (χ3v) is 5.89. The van der Waals surface area contributed by atoms with Crippen molar-refractivity contribution in [3.05, 3.63) is 77.2 Å². The lowest BCUT2D eigenvalue weighted by Gasteiger charge is -2.15. The summed E-state index contributed by atoms with van der Waals surface area (Å²) in [6, 6.07) is 19.9. The second-order valence-corrected chi connectivity index (χ2v) is 7.96. The second kappa shape index (κ2) is 9.70. The summed E-state index contributed by atoms with van der Waals surface area (Å²) in [5, 5.41) is 10.7. The van der Waals surface area contributed by atoms with Crippen LogP contribution in [-0.4, -0.2) is 37.5 Å². The van der Waals surface area contributed by atoms with Crippen molar-refractivity contribution in [1.29, 1.82) is 0 Å². The molecule has 0 aromatic heterocycles. The topological polar surface area (TPSA) is 80.6 Å². The normalized spacial score (nSPS) is 15.8. The van der Waals surface area contributed by atoms with Gasteiger partial charge >= 0.3 is 0 Å². The van der Waals surface area contributed by atoms with Crippen molar-refractivity contribution in [3.8, 4) is 23.0 Å². The van der Waals surface area contributed by atoms with Crippen molar-refractivity contribution in [2.24, 2.45) is 4.99 Å². The van der Waals surface area contributed by atoms with Crippen molar-refractivity contribution >= 4 is 40.3 Å². The van der Waals surface area contributed by atoms with Crippen LogP contribution in [0.2, 0.25) is 0 Å². The highest BCUT2D eigenvalue weighted by molar-refractivity contribution is 8.19. The van der Waals surface area contributed by atoms with E-state index in [-0.39, 0.29) is 23.2 Å². The predicted molar refractivity (Wildman–Crippen MR) is 131 cm³/mol. The van der Waals surface area contributed by atoms with E-state index in [2.05, 4.69) is 0 Å². The van der Waals surface area contributed by atoms with Crippen LogP contribution >= 0.6 is 11.8 Å². The minimum absolute atomic E-state index is 0.0970. The van der Waals surface area contributed by atoms with Gasteiger partial charge in [-0.3, -0.25) is 9.69 Å². The van der Waals surface area contributed by atoms with Crippen LogP contribution in [0.15, 0.2) is 76.6 Å². The highest BCUT2D eigenvalue weighted by atomic mass is 32.2. The van der Waals surface area contributed by atoms with Crippen LogP contribution in [0.3, 0.4) is 0 Å². The average Bonchev–Trinajstić information content (AvgIpc) is 3.15. The number of carbonyl (C=O) groups excluding carboxylic acids is 1. The van der Waals surface area contributed by atoms with E-state index in [9.17, 15) is 9.90 Å². The highest BCUT2D eigenvalue weighted by Crippen LogP contribution is 2.41. The highest BCUT2D eigenvalue weighted by Gasteiger charge is 2.34. The van der Waals surface area contributed by atoms with E-state index in [0.717, 1.165) is 5.75 Å². The van der Waals surface area contributed by atoms with Crippen molar-refractivity contribution in [1.82, 2.24) is 0 Å². The van der Waals surface area contributed by atoms with Crippen molar-refractivity contribution in [2.75, 3.05) is 26.2 Å². The molecule has 0 bridgehead atoms. The summed E-state index contributed by atoms with van der Waals surface area (Å²) >= 11 is 1.26. The van der Waals surface area contributed by atoms with Gasteiger partial charge in [-0.25, -0.2) is 4.99 Å². The van der Waals surface area contributed by atoms with Crippen LogP contribution in [0, 0.1) is 0 Å². The molecule has 0 saturated carbocycles. The number of hydrogen-bond acceptors (Lipinski definition) is 7. The number of anilines is 1. The number of phenols is 1. The molecular weight excluding hydrogens is 440 g/mol. The maximum absolute atomic E-state index is 13.4. The van der Waals surface area contributed by atoms with Crippen LogP contribution < -0.4 is 19.1 Å². The lowest BCUT2D eigenvalue weighted by atomic mass is 10.1. The molecule has 0 spiro atoms. The molecule has 1 aliphatic heterocycles. The molecule has 1 N–H and O–H groups in total. The molecule has 1 fully saturated rings. The number of carbonyl (C=O) groups is 1. The molecule has 3 aromatic carbocycles. The Morgan fingerprint density at radius 1 is 0.909 bits per heavy atom. The molecule has 0 aliphatic carbocycles. The summed E-state index contributed by atoms with van der Waals surface area (Å²) in [6.07, 6.45) is 1.73. The van der Waals surface area contributed by atoms with Gasteiger partial charge in [-0.05, 0) is 71.9 Å². The van der Waals surface area contributed by atoms with Crippen molar-refractivity contribution < 1.29 is 24.1 Å². The fraction of sp³-hybridized carbons (Fsp3) is 0.120.